The predicted octanol–water partition coefficient (Wildman–Crippen LogP) is 1.36. The third kappa shape index (κ3) is 1.17. The molecular weight excluding hydrogens is 199 g/mol. The van der Waals surface area contributed by atoms with E-state index < -0.39 is 17.2 Å². The van der Waals surface area contributed by atoms with E-state index in [2.05, 4.69) is 0 Å². The number of benzene rings is 1. The molecule has 1 saturated heterocycles. The van der Waals surface area contributed by atoms with Gasteiger partial charge in [0, 0.05) is 5.56 Å². The predicted molar refractivity (Wildman–Crippen MR) is 60.6 cm³/mol. The molecule has 1 aromatic carbocycles. The molecule has 1 N–H and O–H groups in total. The molecule has 2 aliphatic rings. The number of carboxylic acids is 1. The molecule has 1 fully saturated rings. The van der Waals surface area contributed by atoms with Crippen LogP contribution in [0.2, 0.25) is 0 Å². The molecular formula is C12H13LiO3. The van der Waals surface area contributed by atoms with Crippen LogP contribution in [0.5, 0.6) is 0 Å². The summed E-state index contributed by atoms with van der Waals surface area (Å²) in [6.45, 7) is 1.98. The first kappa shape index (κ1) is 11.7. The summed E-state index contributed by atoms with van der Waals surface area (Å²) < 4.78 is 5.78. The molecule has 1 aromatic rings. The fraction of sp³-hybridized carbons (Fsp3) is 0.417. The van der Waals surface area contributed by atoms with Crippen molar-refractivity contribution in [1.29, 1.82) is 0 Å². The number of rotatable bonds is 1. The average Bonchev–Trinajstić information content (AvgIpc) is 2.70. The number of carbonyl (C=O) groups is 1. The van der Waals surface area contributed by atoms with Crippen molar-refractivity contribution < 1.29 is 14.6 Å². The minimum atomic E-state index is -1.08. The van der Waals surface area contributed by atoms with Gasteiger partial charge in [0.2, 0.25) is 0 Å². The summed E-state index contributed by atoms with van der Waals surface area (Å²) in [4.78, 5) is 11.4. The van der Waals surface area contributed by atoms with Crippen molar-refractivity contribution >= 4 is 24.8 Å². The van der Waals surface area contributed by atoms with E-state index in [1.165, 1.54) is 0 Å². The number of ether oxygens (including phenoxy) is 1. The second kappa shape index (κ2) is 3.37. The van der Waals surface area contributed by atoms with Crippen molar-refractivity contribution in [3.8, 4) is 0 Å². The first-order valence-electron chi connectivity index (χ1n) is 5.12. The van der Waals surface area contributed by atoms with Gasteiger partial charge in [-0.3, -0.25) is 0 Å². The molecule has 3 rings (SSSR count). The van der Waals surface area contributed by atoms with Crippen molar-refractivity contribution in [1.82, 2.24) is 0 Å². The molecule has 4 heteroatoms. The van der Waals surface area contributed by atoms with Crippen LogP contribution in [0.15, 0.2) is 24.3 Å². The molecule has 16 heavy (non-hydrogen) atoms. The zero-order valence-electron chi connectivity index (χ0n) is 8.49. The maximum atomic E-state index is 11.4. The molecule has 0 amide bonds. The Kier molecular flexibility index (Phi) is 2.47. The monoisotopic (exact) mass is 212 g/mol. The van der Waals surface area contributed by atoms with Gasteiger partial charge in [0.05, 0.1) is 5.60 Å². The Hall–Kier alpha value is -0.753. The third-order valence-electron chi connectivity index (χ3n) is 3.63. The van der Waals surface area contributed by atoms with Gasteiger partial charge in [-0.1, -0.05) is 24.3 Å². The molecule has 0 radical (unpaired) electrons. The van der Waals surface area contributed by atoms with Gasteiger partial charge in [0.1, 0.15) is 0 Å². The van der Waals surface area contributed by atoms with Gasteiger partial charge in [-0.15, -0.1) is 0 Å². The van der Waals surface area contributed by atoms with Crippen molar-refractivity contribution in [2.24, 2.45) is 0 Å². The maximum absolute atomic E-state index is 11.4. The summed E-state index contributed by atoms with van der Waals surface area (Å²) in [6.07, 6.45) is 1.37. The van der Waals surface area contributed by atoms with Crippen LogP contribution >= 0.6 is 0 Å². The van der Waals surface area contributed by atoms with E-state index in [0.29, 0.717) is 6.42 Å². The molecule has 80 valence electrons. The Balaban J connectivity index is 0.000000963. The van der Waals surface area contributed by atoms with Gasteiger partial charge in [0.15, 0.2) is 5.60 Å². The fourth-order valence-corrected chi connectivity index (χ4v) is 2.84. The second-order valence-corrected chi connectivity index (χ2v) is 4.51. The molecule has 0 saturated carbocycles. The first-order chi connectivity index (χ1) is 7.08. The van der Waals surface area contributed by atoms with Crippen LogP contribution in [-0.4, -0.2) is 29.9 Å². The molecule has 2 heterocycles. The van der Waals surface area contributed by atoms with E-state index in [1.807, 2.05) is 31.2 Å². The summed E-state index contributed by atoms with van der Waals surface area (Å²) in [5, 5.41) is 9.33. The number of aliphatic carboxylic acids is 1. The number of fused-ring (bicyclic) bond motifs is 5. The van der Waals surface area contributed by atoms with E-state index in [-0.39, 0.29) is 18.9 Å². The van der Waals surface area contributed by atoms with Crippen LogP contribution in [0, 0.1) is 0 Å². The Bertz CT molecular complexity index is 459. The normalized spacial score (nSPS) is 34.3. The topological polar surface area (TPSA) is 46.5 Å². The van der Waals surface area contributed by atoms with Crippen LogP contribution in [0.25, 0.3) is 0 Å². The minimum absolute atomic E-state index is 0. The standard InChI is InChI=1S/C12H12O3.Li.H/c1-11-6-7-12(15-11,10(13)14)9-5-3-2-4-8(9)11;;/h2-5H,6-7H2,1H3,(H,13,14);;/t11-,12+;;/m0../s1. The van der Waals surface area contributed by atoms with Gasteiger partial charge in [0.25, 0.3) is 0 Å². The fourth-order valence-electron chi connectivity index (χ4n) is 2.84. The van der Waals surface area contributed by atoms with Gasteiger partial charge >= 0.3 is 24.8 Å². The third-order valence-corrected chi connectivity index (χ3v) is 3.63. The molecule has 3 nitrogen and oxygen atoms in total. The molecule has 2 bridgehead atoms. The SMILES string of the molecule is C[C@@]12CC[C@@](C(=O)O)(O1)c1ccccc12.[LiH]. The summed E-state index contributed by atoms with van der Waals surface area (Å²) in [7, 11) is 0. The zero-order valence-corrected chi connectivity index (χ0v) is 8.49. The summed E-state index contributed by atoms with van der Waals surface area (Å²) in [5.74, 6) is -0.865. The molecule has 0 aromatic heterocycles. The Morgan fingerprint density at radius 1 is 1.31 bits per heavy atom. The Morgan fingerprint density at radius 3 is 2.56 bits per heavy atom. The number of hydrogen-bond acceptors (Lipinski definition) is 2. The van der Waals surface area contributed by atoms with E-state index in [1.54, 1.807) is 0 Å². The number of hydrogen-bond donors (Lipinski definition) is 1. The Labute approximate surface area is 106 Å². The first-order valence-corrected chi connectivity index (χ1v) is 5.12. The number of carboxylic acid groups (broad SMARTS) is 1. The van der Waals surface area contributed by atoms with Gasteiger partial charge in [-0.25, -0.2) is 4.79 Å². The van der Waals surface area contributed by atoms with Crippen LogP contribution < -0.4 is 0 Å². The van der Waals surface area contributed by atoms with Gasteiger partial charge in [-0.05, 0) is 25.3 Å². The molecule has 0 aliphatic carbocycles. The van der Waals surface area contributed by atoms with Gasteiger partial charge < -0.3 is 9.84 Å². The summed E-state index contributed by atoms with van der Waals surface area (Å²) in [6, 6.07) is 7.65. The van der Waals surface area contributed by atoms with Crippen molar-refractivity contribution in [2.75, 3.05) is 0 Å². The quantitative estimate of drug-likeness (QED) is 0.715. The van der Waals surface area contributed by atoms with Crippen LogP contribution in [-0.2, 0) is 20.7 Å². The second-order valence-electron chi connectivity index (χ2n) is 4.51. The van der Waals surface area contributed by atoms with Crippen molar-refractivity contribution in [3.63, 3.8) is 0 Å². The zero-order chi connectivity index (χ0) is 10.7. The summed E-state index contributed by atoms with van der Waals surface area (Å²) >= 11 is 0. The average molecular weight is 212 g/mol. The van der Waals surface area contributed by atoms with Crippen molar-refractivity contribution in [3.05, 3.63) is 35.4 Å². The molecule has 2 aliphatic heterocycles. The molecule has 0 spiro atoms. The van der Waals surface area contributed by atoms with E-state index in [9.17, 15) is 9.90 Å². The van der Waals surface area contributed by atoms with Gasteiger partial charge in [-0.2, -0.15) is 0 Å². The summed E-state index contributed by atoms with van der Waals surface area (Å²) in [5.41, 5.74) is 0.408. The Morgan fingerprint density at radius 2 is 1.94 bits per heavy atom. The molecule has 0 unspecified atom stereocenters. The van der Waals surface area contributed by atoms with E-state index >= 15 is 0 Å². The van der Waals surface area contributed by atoms with E-state index in [4.69, 9.17) is 4.74 Å². The van der Waals surface area contributed by atoms with Crippen LogP contribution in [0.1, 0.15) is 30.9 Å². The van der Waals surface area contributed by atoms with Crippen LogP contribution in [0.3, 0.4) is 0 Å². The van der Waals surface area contributed by atoms with E-state index in [0.717, 1.165) is 17.5 Å². The van der Waals surface area contributed by atoms with Crippen LogP contribution in [0.4, 0.5) is 0 Å². The molecule has 2 atom stereocenters. The van der Waals surface area contributed by atoms with Crippen molar-refractivity contribution in [2.45, 2.75) is 31.0 Å².